The monoisotopic (exact) mass is 129 g/mol. The molecule has 0 saturated carbocycles. The summed E-state index contributed by atoms with van der Waals surface area (Å²) in [6.07, 6.45) is 0. The van der Waals surface area contributed by atoms with Crippen LogP contribution >= 0.6 is 12.6 Å². The molecule has 0 aliphatic heterocycles. The highest BCUT2D eigenvalue weighted by molar-refractivity contribution is 7.79. The highest BCUT2D eigenvalue weighted by atomic mass is 32.1. The lowest BCUT2D eigenvalue weighted by Gasteiger charge is -1.89. The Kier molecular flexibility index (Phi) is 0.717. The third-order valence-corrected chi connectivity index (χ3v) is 1.03. The van der Waals surface area contributed by atoms with Gasteiger partial charge in [0.2, 0.25) is 0 Å². The van der Waals surface area contributed by atoms with Gasteiger partial charge in [0.25, 0.3) is 0 Å². The first kappa shape index (κ1) is 2.07. The zero-order chi connectivity index (χ0) is 10.2. The van der Waals surface area contributed by atoms with Gasteiger partial charge in [-0.15, -0.1) is 0 Å². The van der Waals surface area contributed by atoms with E-state index in [1.165, 1.54) is 0 Å². The van der Waals surface area contributed by atoms with Crippen molar-refractivity contribution in [3.63, 3.8) is 0 Å². The fourth-order valence-electron chi connectivity index (χ4n) is 0.355. The van der Waals surface area contributed by atoms with Crippen LogP contribution in [0.4, 0.5) is 0 Å². The molecule has 0 aliphatic rings. The summed E-state index contributed by atoms with van der Waals surface area (Å²) in [5.74, 6) is 0.149. The molecule has 1 rings (SSSR count). The Balaban J connectivity index is 3.56. The summed E-state index contributed by atoms with van der Waals surface area (Å²) in [5.41, 5.74) is 0.245. The Morgan fingerprint density at radius 2 is 2.00 bits per heavy atom. The molecule has 1 heteroatoms. The lowest BCUT2D eigenvalue weighted by molar-refractivity contribution is 1.43. The van der Waals surface area contributed by atoms with Crippen molar-refractivity contribution in [2.75, 3.05) is 0 Å². The molecule has 0 aliphatic carbocycles. The minimum Gasteiger partial charge on any atom is -0.175 e. The van der Waals surface area contributed by atoms with Crippen LogP contribution < -0.4 is 0 Å². The zero-order valence-corrected chi connectivity index (χ0v) is 5.05. The lowest BCUT2D eigenvalue weighted by atomic mass is 10.2. The quantitative estimate of drug-likeness (QED) is 0.552. The van der Waals surface area contributed by atoms with E-state index < -0.39 is 0 Å². The predicted octanol–water partition coefficient (Wildman–Crippen LogP) is 2.12. The summed E-state index contributed by atoms with van der Waals surface area (Å²) in [6, 6.07) is -1.29. The van der Waals surface area contributed by atoms with Crippen LogP contribution in [0.15, 0.2) is 30.2 Å². The predicted molar refractivity (Wildman–Crippen MR) is 39.1 cm³/mol. The Hall–Kier alpha value is -0.430. The molecule has 0 saturated heterocycles. The fourth-order valence-corrected chi connectivity index (χ4v) is 0.513. The van der Waals surface area contributed by atoms with E-state index in [4.69, 9.17) is 6.85 Å². The van der Waals surface area contributed by atoms with Crippen molar-refractivity contribution in [3.8, 4) is 0 Å². The molecule has 0 radical (unpaired) electrons. The van der Waals surface area contributed by atoms with Crippen LogP contribution in [0.25, 0.3) is 0 Å². The van der Waals surface area contributed by atoms with Crippen molar-refractivity contribution in [1.29, 1.82) is 0 Å². The van der Waals surface area contributed by atoms with Gasteiger partial charge in [-0.05, 0) is 5.56 Å². The molecule has 0 amide bonds. The first-order valence-corrected chi connectivity index (χ1v) is 2.80. The van der Waals surface area contributed by atoms with Crippen LogP contribution in [0, 0.1) is 0 Å². The highest BCUT2D eigenvalue weighted by Gasteiger charge is 1.80. The van der Waals surface area contributed by atoms with Gasteiger partial charge >= 0.3 is 0 Å². The average molecular weight is 129 g/mol. The van der Waals surface area contributed by atoms with E-state index in [9.17, 15) is 0 Å². The SMILES string of the molecule is [2H]c1c([2H])c([2H])c(CS)c([2H])c1[2H]. The number of thiol groups is 1. The van der Waals surface area contributed by atoms with Crippen LogP contribution in [-0.4, -0.2) is 0 Å². The second-order valence-electron chi connectivity index (χ2n) is 1.26. The van der Waals surface area contributed by atoms with Crippen LogP contribution in [0.5, 0.6) is 0 Å². The second-order valence-corrected chi connectivity index (χ2v) is 1.58. The van der Waals surface area contributed by atoms with Crippen LogP contribution in [0.2, 0.25) is 0 Å². The molecule has 42 valence electrons. The van der Waals surface area contributed by atoms with Gasteiger partial charge in [0, 0.05) is 5.75 Å². The lowest BCUT2D eigenvalue weighted by Crippen LogP contribution is -1.71. The molecule has 0 heterocycles. The van der Waals surface area contributed by atoms with E-state index in [1.807, 2.05) is 0 Å². The maximum atomic E-state index is 7.41. The summed E-state index contributed by atoms with van der Waals surface area (Å²) in [6.45, 7) is 0. The van der Waals surface area contributed by atoms with E-state index >= 15 is 0 Å². The Morgan fingerprint density at radius 3 is 2.50 bits per heavy atom. The zero-order valence-electron chi connectivity index (χ0n) is 9.15. The summed E-state index contributed by atoms with van der Waals surface area (Å²) >= 11 is 3.91. The molecule has 0 aromatic heterocycles. The number of rotatable bonds is 1. The number of benzene rings is 1. The van der Waals surface area contributed by atoms with Crippen LogP contribution in [0.1, 0.15) is 12.4 Å². The summed E-state index contributed by atoms with van der Waals surface area (Å²) in [5, 5.41) is 0. The minimum absolute atomic E-state index is 0.149. The molecule has 1 aromatic carbocycles. The summed E-state index contributed by atoms with van der Waals surface area (Å²) in [4.78, 5) is 0. The van der Waals surface area contributed by atoms with E-state index in [0.29, 0.717) is 0 Å². The Labute approximate surface area is 62.0 Å². The van der Waals surface area contributed by atoms with E-state index in [-0.39, 0.29) is 41.5 Å². The van der Waals surface area contributed by atoms with Crippen molar-refractivity contribution in [3.05, 3.63) is 35.8 Å². The molecule has 1 aromatic rings. The molecule has 8 heavy (non-hydrogen) atoms. The largest absolute Gasteiger partial charge is 0.175 e. The molecule has 0 bridgehead atoms. The Bertz CT molecular complexity index is 320. The van der Waals surface area contributed by atoms with Crippen molar-refractivity contribution >= 4 is 12.6 Å². The number of hydrogen-bond donors (Lipinski definition) is 1. The van der Waals surface area contributed by atoms with Gasteiger partial charge in [0.1, 0.15) is 0 Å². The van der Waals surface area contributed by atoms with Gasteiger partial charge in [-0.2, -0.15) is 12.6 Å². The van der Waals surface area contributed by atoms with Gasteiger partial charge < -0.3 is 0 Å². The molecular weight excluding hydrogens is 116 g/mol. The Morgan fingerprint density at radius 1 is 1.38 bits per heavy atom. The fraction of sp³-hybridized carbons (Fsp3) is 0.143. The standard InChI is InChI=1S/C7H8S/c8-6-7-4-2-1-3-5-7/h1-5,8H,6H2/i1D,2D,3D,4D,5D. The number of hydrogen-bond acceptors (Lipinski definition) is 1. The first-order chi connectivity index (χ1) is 6.00. The van der Waals surface area contributed by atoms with Crippen molar-refractivity contribution < 1.29 is 6.85 Å². The maximum Gasteiger partial charge on any atom is 0.0626 e. The smallest absolute Gasteiger partial charge is 0.0626 e. The summed E-state index contributed by atoms with van der Waals surface area (Å²) in [7, 11) is 0. The van der Waals surface area contributed by atoms with E-state index in [2.05, 4.69) is 12.6 Å². The first-order valence-electron chi connectivity index (χ1n) is 4.67. The third-order valence-electron chi connectivity index (χ3n) is 0.710. The van der Waals surface area contributed by atoms with E-state index in [0.717, 1.165) is 0 Å². The maximum absolute atomic E-state index is 7.41. The molecule has 0 spiro atoms. The van der Waals surface area contributed by atoms with E-state index in [1.54, 1.807) is 0 Å². The van der Waals surface area contributed by atoms with Gasteiger partial charge in [0.05, 0.1) is 6.85 Å². The normalized spacial score (nSPS) is 17.9. The topological polar surface area (TPSA) is 0 Å². The molecule has 0 nitrogen and oxygen atoms in total. The molecular formula is C7H8S. The summed E-state index contributed by atoms with van der Waals surface area (Å²) < 4.78 is 36.7. The van der Waals surface area contributed by atoms with Gasteiger partial charge in [-0.1, -0.05) is 30.2 Å². The molecule has 0 atom stereocenters. The van der Waals surface area contributed by atoms with Crippen LogP contribution in [0.3, 0.4) is 0 Å². The third kappa shape index (κ3) is 1.27. The van der Waals surface area contributed by atoms with Crippen molar-refractivity contribution in [2.45, 2.75) is 5.75 Å². The van der Waals surface area contributed by atoms with Gasteiger partial charge in [0.15, 0.2) is 0 Å². The van der Waals surface area contributed by atoms with Gasteiger partial charge in [-0.25, -0.2) is 0 Å². The molecule has 0 N–H and O–H groups in total. The van der Waals surface area contributed by atoms with Gasteiger partial charge in [-0.3, -0.25) is 0 Å². The highest BCUT2D eigenvalue weighted by Crippen LogP contribution is 2.00. The molecule has 0 fully saturated rings. The molecule has 0 unspecified atom stereocenters. The average Bonchev–Trinajstić information content (AvgIpc) is 2.13. The van der Waals surface area contributed by atoms with Crippen molar-refractivity contribution in [1.82, 2.24) is 0 Å². The second kappa shape index (κ2) is 2.78. The van der Waals surface area contributed by atoms with Crippen LogP contribution in [-0.2, 0) is 5.75 Å². The van der Waals surface area contributed by atoms with Crippen molar-refractivity contribution in [2.24, 2.45) is 0 Å². The minimum atomic E-state index is -0.361.